The van der Waals surface area contributed by atoms with Gasteiger partial charge >= 0.3 is 5.97 Å². The number of rotatable bonds is 8. The number of nitrogens with zero attached hydrogens (tertiary/aromatic N) is 2. The number of carbonyl (C=O) groups is 2. The van der Waals surface area contributed by atoms with Gasteiger partial charge in [0, 0.05) is 30.2 Å². The highest BCUT2D eigenvalue weighted by atomic mass is 32.1. The quantitative estimate of drug-likeness (QED) is 0.261. The number of methoxy groups -OCH3 is 1. The summed E-state index contributed by atoms with van der Waals surface area (Å²) in [6, 6.07) is 21.0. The van der Waals surface area contributed by atoms with Crippen molar-refractivity contribution in [3.63, 3.8) is 0 Å². The molecule has 10 heteroatoms. The number of anilines is 2. The minimum Gasteiger partial charge on any atom is -0.478 e. The van der Waals surface area contributed by atoms with Crippen molar-refractivity contribution in [2.24, 2.45) is 0 Å². The Morgan fingerprint density at radius 1 is 1.13 bits per heavy atom. The van der Waals surface area contributed by atoms with E-state index in [4.69, 9.17) is 21.4 Å². The van der Waals surface area contributed by atoms with Gasteiger partial charge in [0.05, 0.1) is 17.3 Å². The first-order valence-electron chi connectivity index (χ1n) is 12.2. The first kappa shape index (κ1) is 26.1. The third kappa shape index (κ3) is 5.38. The molecule has 9 nitrogen and oxygen atoms in total. The number of aromatic carboxylic acids is 1. The molecule has 1 amide bonds. The number of nitrogens with one attached hydrogen (secondary N) is 2. The summed E-state index contributed by atoms with van der Waals surface area (Å²) in [4.78, 5) is 29.8. The number of carboxylic acid groups (broad SMARTS) is 1. The van der Waals surface area contributed by atoms with Gasteiger partial charge in [-0.1, -0.05) is 18.2 Å². The summed E-state index contributed by atoms with van der Waals surface area (Å²) in [6.07, 6.45) is 1.74. The van der Waals surface area contributed by atoms with Crippen LogP contribution in [-0.4, -0.2) is 40.8 Å². The topological polar surface area (TPSA) is 117 Å². The second kappa shape index (κ2) is 11.1. The molecular weight excluding hydrogens is 516 g/mol. The minimum absolute atomic E-state index is 0.0327. The van der Waals surface area contributed by atoms with Gasteiger partial charge in [-0.15, -0.1) is 0 Å². The van der Waals surface area contributed by atoms with Crippen LogP contribution in [0.25, 0.3) is 11.3 Å². The Kier molecular flexibility index (Phi) is 7.40. The van der Waals surface area contributed by atoms with Crippen LogP contribution in [0.5, 0.6) is 0 Å². The van der Waals surface area contributed by atoms with E-state index in [1.165, 1.54) is 7.11 Å². The van der Waals surface area contributed by atoms with E-state index in [1.807, 2.05) is 60.4 Å². The lowest BCUT2D eigenvalue weighted by atomic mass is 10.0. The zero-order chi connectivity index (χ0) is 27.5. The standard InChI is InChI=1S/C29H26N4O5S/c1-17-15-20(10-11-21(17)31-25(34)16-37-2)33-27(26(32-29(33)39)22-5-3-4-14-30-22)24-13-12-23(38-24)18-6-8-19(9-7-18)28(35)36/h3-15,26-27H,16H2,1-2H3,(H,31,34)(H,32,39)(H,35,36). The minimum atomic E-state index is -0.986. The van der Waals surface area contributed by atoms with Crippen molar-refractivity contribution in [2.75, 3.05) is 23.9 Å². The fraction of sp³-hybridized carbons (Fsp3) is 0.172. The van der Waals surface area contributed by atoms with Gasteiger partial charge in [0.1, 0.15) is 24.2 Å². The summed E-state index contributed by atoms with van der Waals surface area (Å²) in [5.74, 6) is 0.0391. The van der Waals surface area contributed by atoms with Gasteiger partial charge in [0.2, 0.25) is 5.91 Å². The van der Waals surface area contributed by atoms with Crippen LogP contribution in [0.3, 0.4) is 0 Å². The molecule has 39 heavy (non-hydrogen) atoms. The maximum absolute atomic E-state index is 12.0. The molecule has 3 heterocycles. The molecule has 0 radical (unpaired) electrons. The monoisotopic (exact) mass is 542 g/mol. The molecule has 2 aromatic heterocycles. The average Bonchev–Trinajstić information content (AvgIpc) is 3.55. The molecule has 0 aliphatic carbocycles. The fourth-order valence-electron chi connectivity index (χ4n) is 4.62. The zero-order valence-corrected chi connectivity index (χ0v) is 22.1. The molecule has 2 aromatic carbocycles. The highest BCUT2D eigenvalue weighted by Crippen LogP contribution is 2.43. The second-order valence-corrected chi connectivity index (χ2v) is 9.45. The lowest BCUT2D eigenvalue weighted by molar-refractivity contribution is -0.119. The number of pyridine rings is 1. The molecule has 3 N–H and O–H groups in total. The number of thiocarbonyl (C=S) groups is 1. The van der Waals surface area contributed by atoms with Crippen molar-refractivity contribution >= 4 is 40.6 Å². The van der Waals surface area contributed by atoms with Crippen LogP contribution < -0.4 is 15.5 Å². The second-order valence-electron chi connectivity index (χ2n) is 9.06. The van der Waals surface area contributed by atoms with Crippen molar-refractivity contribution in [1.82, 2.24) is 10.3 Å². The third-order valence-corrected chi connectivity index (χ3v) is 6.78. The van der Waals surface area contributed by atoms with E-state index >= 15 is 0 Å². The summed E-state index contributed by atoms with van der Waals surface area (Å²) in [6.45, 7) is 1.88. The Labute approximate surface area is 230 Å². The Hall–Kier alpha value is -4.54. The smallest absolute Gasteiger partial charge is 0.335 e. The number of amides is 1. The molecule has 198 valence electrons. The third-order valence-electron chi connectivity index (χ3n) is 6.47. The number of benzene rings is 2. The average molecular weight is 543 g/mol. The molecule has 2 atom stereocenters. The predicted molar refractivity (Wildman–Crippen MR) is 151 cm³/mol. The molecule has 0 spiro atoms. The van der Waals surface area contributed by atoms with Crippen LogP contribution in [0.4, 0.5) is 11.4 Å². The summed E-state index contributed by atoms with van der Waals surface area (Å²) in [7, 11) is 1.47. The molecule has 2 unspecified atom stereocenters. The van der Waals surface area contributed by atoms with Crippen molar-refractivity contribution in [3.8, 4) is 11.3 Å². The Balaban J connectivity index is 1.52. The predicted octanol–water partition coefficient (Wildman–Crippen LogP) is 5.11. The molecule has 1 aliphatic rings. The Morgan fingerprint density at radius 3 is 2.59 bits per heavy atom. The zero-order valence-electron chi connectivity index (χ0n) is 21.3. The van der Waals surface area contributed by atoms with Gasteiger partial charge in [-0.05, 0) is 79.3 Å². The fourth-order valence-corrected chi connectivity index (χ4v) is 4.97. The highest BCUT2D eigenvalue weighted by molar-refractivity contribution is 7.80. The SMILES string of the molecule is COCC(=O)Nc1ccc(N2C(=S)NC(c3ccccn3)C2c2ccc(-c3ccc(C(=O)O)cc3)o2)cc1C. The lowest BCUT2D eigenvalue weighted by Crippen LogP contribution is -2.29. The van der Waals surface area contributed by atoms with Crippen molar-refractivity contribution < 1.29 is 23.8 Å². The maximum Gasteiger partial charge on any atom is 0.335 e. The highest BCUT2D eigenvalue weighted by Gasteiger charge is 2.42. The normalized spacial score (nSPS) is 16.7. The lowest BCUT2D eigenvalue weighted by Gasteiger charge is -2.26. The van der Waals surface area contributed by atoms with Crippen molar-refractivity contribution in [3.05, 3.63) is 102 Å². The van der Waals surface area contributed by atoms with E-state index < -0.39 is 5.97 Å². The number of carbonyl (C=O) groups excluding carboxylic acids is 1. The van der Waals surface area contributed by atoms with E-state index in [1.54, 1.807) is 30.5 Å². The summed E-state index contributed by atoms with van der Waals surface area (Å²) < 4.78 is 11.3. The van der Waals surface area contributed by atoms with Gasteiger partial charge in [-0.2, -0.15) is 0 Å². The number of aryl methyl sites for hydroxylation is 1. The van der Waals surface area contributed by atoms with Crippen molar-refractivity contribution in [2.45, 2.75) is 19.0 Å². The molecule has 1 fully saturated rings. The number of carboxylic acids is 1. The van der Waals surface area contributed by atoms with E-state index in [2.05, 4.69) is 15.6 Å². The van der Waals surface area contributed by atoms with Crippen LogP contribution in [0, 0.1) is 6.92 Å². The molecule has 1 saturated heterocycles. The molecular formula is C29H26N4O5S. The number of furan rings is 1. The molecule has 1 aliphatic heterocycles. The molecule has 0 bridgehead atoms. The maximum atomic E-state index is 12.0. The first-order valence-corrected chi connectivity index (χ1v) is 12.6. The summed E-state index contributed by atoms with van der Waals surface area (Å²) in [5, 5.41) is 16.0. The number of hydrogen-bond acceptors (Lipinski definition) is 6. The van der Waals surface area contributed by atoms with E-state index in [-0.39, 0.29) is 30.2 Å². The largest absolute Gasteiger partial charge is 0.478 e. The van der Waals surface area contributed by atoms with Crippen LogP contribution in [-0.2, 0) is 9.53 Å². The van der Waals surface area contributed by atoms with Gasteiger partial charge in [-0.3, -0.25) is 9.78 Å². The van der Waals surface area contributed by atoms with E-state index in [0.717, 1.165) is 22.5 Å². The molecule has 5 rings (SSSR count). The van der Waals surface area contributed by atoms with Crippen molar-refractivity contribution in [1.29, 1.82) is 0 Å². The first-order chi connectivity index (χ1) is 18.9. The Bertz CT molecular complexity index is 1520. The van der Waals surface area contributed by atoms with Gasteiger partial charge in [0.25, 0.3) is 0 Å². The van der Waals surface area contributed by atoms with Crippen LogP contribution >= 0.6 is 12.2 Å². The molecule has 4 aromatic rings. The van der Waals surface area contributed by atoms with E-state index in [0.29, 0.717) is 22.3 Å². The molecule has 0 saturated carbocycles. The summed E-state index contributed by atoms with van der Waals surface area (Å²) in [5.41, 5.74) is 4.13. The number of aromatic nitrogens is 1. The van der Waals surface area contributed by atoms with Crippen LogP contribution in [0.15, 0.2) is 83.4 Å². The van der Waals surface area contributed by atoms with Crippen LogP contribution in [0.1, 0.15) is 39.5 Å². The van der Waals surface area contributed by atoms with Gasteiger partial charge in [-0.25, -0.2) is 4.79 Å². The Morgan fingerprint density at radius 2 is 1.92 bits per heavy atom. The van der Waals surface area contributed by atoms with Crippen LogP contribution in [0.2, 0.25) is 0 Å². The van der Waals surface area contributed by atoms with Gasteiger partial charge < -0.3 is 29.8 Å². The van der Waals surface area contributed by atoms with E-state index in [9.17, 15) is 14.7 Å². The summed E-state index contributed by atoms with van der Waals surface area (Å²) >= 11 is 5.80. The number of ether oxygens (including phenoxy) is 1. The number of hydrogen-bond donors (Lipinski definition) is 3. The van der Waals surface area contributed by atoms with Gasteiger partial charge in [0.15, 0.2) is 5.11 Å².